The number of benzene rings is 1. The summed E-state index contributed by atoms with van der Waals surface area (Å²) in [5.41, 5.74) is 6.16. The van der Waals surface area contributed by atoms with Gasteiger partial charge in [-0.25, -0.2) is 0 Å². The van der Waals surface area contributed by atoms with Crippen molar-refractivity contribution in [1.29, 1.82) is 0 Å². The molecule has 1 rings (SSSR count). The summed E-state index contributed by atoms with van der Waals surface area (Å²) in [5, 5.41) is 5.76. The van der Waals surface area contributed by atoms with Crippen molar-refractivity contribution < 1.29 is 14.4 Å². The number of hydrogen-bond acceptors (Lipinski definition) is 4. The van der Waals surface area contributed by atoms with E-state index < -0.39 is 23.8 Å². The minimum Gasteiger partial charge on any atom is -0.346 e. The van der Waals surface area contributed by atoms with Gasteiger partial charge in [0.15, 0.2) is 0 Å². The van der Waals surface area contributed by atoms with Gasteiger partial charge >= 0.3 is 0 Å². The third-order valence-corrected chi connectivity index (χ3v) is 4.18. The Bertz CT molecular complexity index is 656. The molecular weight excluding hydrogens is 403 g/mol. The third-order valence-electron chi connectivity index (χ3n) is 3.44. The predicted octanol–water partition coefficient (Wildman–Crippen LogP) is 1.91. The molecule has 10 heteroatoms. The highest BCUT2D eigenvalue weighted by Crippen LogP contribution is 2.24. The average Bonchev–Trinajstić information content (AvgIpc) is 2.54. The maximum absolute atomic E-state index is 12.0. The van der Waals surface area contributed by atoms with Crippen molar-refractivity contribution in [2.45, 2.75) is 19.9 Å². The highest BCUT2D eigenvalue weighted by molar-refractivity contribution is 6.42. The Kier molecular flexibility index (Phi) is 10.6. The number of nitrogens with zero attached hydrogens (tertiary/aromatic N) is 1. The maximum Gasteiger partial charge on any atom is 0.243 e. The molecule has 1 atom stereocenters. The van der Waals surface area contributed by atoms with E-state index in [0.29, 0.717) is 15.7 Å². The second-order valence-corrected chi connectivity index (χ2v) is 6.73. The fraction of sp³-hybridized carbons (Fsp3) is 0.438. The first kappa shape index (κ1) is 24.5. The lowest BCUT2D eigenvalue weighted by atomic mass is 10.1. The van der Waals surface area contributed by atoms with E-state index >= 15 is 0 Å². The molecule has 0 saturated carbocycles. The van der Waals surface area contributed by atoms with Crippen molar-refractivity contribution >= 4 is 59.0 Å². The quantitative estimate of drug-likeness (QED) is 0.620. The molecule has 4 N–H and O–H groups in total. The van der Waals surface area contributed by atoms with Gasteiger partial charge in [0.05, 0.1) is 29.2 Å². The van der Waals surface area contributed by atoms with Crippen molar-refractivity contribution in [3.8, 4) is 0 Å². The van der Waals surface area contributed by atoms with E-state index in [2.05, 4.69) is 10.6 Å². The molecule has 0 spiro atoms. The molecule has 1 aromatic rings. The number of likely N-dealkylation sites (N-methyl/N-ethyl adjacent to an activating group) is 1. The van der Waals surface area contributed by atoms with Gasteiger partial charge in [-0.05, 0) is 24.1 Å². The van der Waals surface area contributed by atoms with Crippen LogP contribution >= 0.6 is 35.6 Å². The molecule has 0 unspecified atom stereocenters. The van der Waals surface area contributed by atoms with Crippen LogP contribution in [0.5, 0.6) is 0 Å². The zero-order valence-electron chi connectivity index (χ0n) is 14.7. The van der Waals surface area contributed by atoms with Crippen molar-refractivity contribution in [1.82, 2.24) is 10.2 Å². The van der Waals surface area contributed by atoms with Gasteiger partial charge in [-0.2, -0.15) is 0 Å². The number of hydrogen-bond donors (Lipinski definition) is 3. The zero-order chi connectivity index (χ0) is 19.1. The molecule has 1 aromatic carbocycles. The smallest absolute Gasteiger partial charge is 0.243 e. The van der Waals surface area contributed by atoms with Gasteiger partial charge in [-0.1, -0.05) is 37.0 Å². The molecule has 0 heterocycles. The Labute approximate surface area is 169 Å². The summed E-state index contributed by atoms with van der Waals surface area (Å²) in [7, 11) is 1.46. The van der Waals surface area contributed by atoms with E-state index in [1.54, 1.807) is 12.1 Å². The number of nitrogens with one attached hydrogen (secondary N) is 2. The minimum absolute atomic E-state index is 0. The summed E-state index contributed by atoms with van der Waals surface area (Å²) in [6, 6.07) is 3.98. The number of anilines is 1. The third kappa shape index (κ3) is 7.78. The predicted molar refractivity (Wildman–Crippen MR) is 106 cm³/mol. The van der Waals surface area contributed by atoms with Crippen LogP contribution in [0.15, 0.2) is 18.2 Å². The summed E-state index contributed by atoms with van der Waals surface area (Å²) in [6.45, 7) is 3.22. The van der Waals surface area contributed by atoms with Crippen LogP contribution in [0.3, 0.4) is 0 Å². The van der Waals surface area contributed by atoms with E-state index in [9.17, 15) is 14.4 Å². The van der Waals surface area contributed by atoms with Crippen molar-refractivity contribution in [3.63, 3.8) is 0 Å². The summed E-state index contributed by atoms with van der Waals surface area (Å²) >= 11 is 11.7. The lowest BCUT2D eigenvalue weighted by Crippen LogP contribution is -2.48. The van der Waals surface area contributed by atoms with Crippen LogP contribution in [0, 0.1) is 5.92 Å². The molecule has 146 valence electrons. The van der Waals surface area contributed by atoms with E-state index in [1.165, 1.54) is 18.0 Å². The number of carbonyl (C=O) groups is 3. The highest BCUT2D eigenvalue weighted by Gasteiger charge is 2.19. The topological polar surface area (TPSA) is 105 Å². The van der Waals surface area contributed by atoms with Gasteiger partial charge in [0.1, 0.15) is 0 Å². The Morgan fingerprint density at radius 1 is 1.19 bits per heavy atom. The first-order valence-corrected chi connectivity index (χ1v) is 8.39. The molecule has 0 bridgehead atoms. The van der Waals surface area contributed by atoms with Crippen molar-refractivity contribution in [3.05, 3.63) is 28.2 Å². The zero-order valence-corrected chi connectivity index (χ0v) is 17.0. The number of halogens is 3. The Hall–Kier alpha value is -1.54. The summed E-state index contributed by atoms with van der Waals surface area (Å²) < 4.78 is 0. The second kappa shape index (κ2) is 11.2. The van der Waals surface area contributed by atoms with Crippen molar-refractivity contribution in [2.24, 2.45) is 11.7 Å². The largest absolute Gasteiger partial charge is 0.346 e. The molecule has 3 amide bonds. The van der Waals surface area contributed by atoms with Gasteiger partial charge in [0.25, 0.3) is 0 Å². The summed E-state index contributed by atoms with van der Waals surface area (Å²) in [6.07, 6.45) is 0. The first-order chi connectivity index (χ1) is 11.6. The molecule has 0 fully saturated rings. The molecule has 0 aliphatic rings. The van der Waals surface area contributed by atoms with Gasteiger partial charge in [-0.15, -0.1) is 12.4 Å². The number of amides is 3. The minimum atomic E-state index is -0.684. The van der Waals surface area contributed by atoms with Crippen LogP contribution in [0.2, 0.25) is 10.0 Å². The molecule has 0 aliphatic carbocycles. The van der Waals surface area contributed by atoms with Crippen LogP contribution < -0.4 is 16.4 Å². The molecular formula is C16H23Cl3N4O3. The number of rotatable bonds is 7. The van der Waals surface area contributed by atoms with E-state index in [4.69, 9.17) is 28.9 Å². The van der Waals surface area contributed by atoms with E-state index in [1.807, 2.05) is 13.8 Å². The lowest BCUT2D eigenvalue weighted by molar-refractivity contribution is -0.134. The summed E-state index contributed by atoms with van der Waals surface area (Å²) in [4.78, 5) is 36.9. The maximum atomic E-state index is 12.0. The van der Waals surface area contributed by atoms with Crippen LogP contribution in [-0.2, 0) is 14.4 Å². The van der Waals surface area contributed by atoms with Gasteiger partial charge in [0, 0.05) is 12.7 Å². The van der Waals surface area contributed by atoms with Gasteiger partial charge in [-0.3, -0.25) is 14.4 Å². The summed E-state index contributed by atoms with van der Waals surface area (Å²) in [5.74, 6) is -1.25. The SMILES string of the molecule is CC(C)[C@H](N)C(=O)NCC(=O)N(C)CC(=O)Nc1ccc(Cl)c(Cl)c1.Cl. The van der Waals surface area contributed by atoms with Crippen LogP contribution in [-0.4, -0.2) is 48.8 Å². The monoisotopic (exact) mass is 424 g/mol. The molecule has 0 saturated heterocycles. The molecule has 0 aromatic heterocycles. The average molecular weight is 426 g/mol. The Morgan fingerprint density at radius 3 is 2.35 bits per heavy atom. The van der Waals surface area contributed by atoms with E-state index in [0.717, 1.165) is 0 Å². The number of carbonyl (C=O) groups excluding carboxylic acids is 3. The van der Waals surface area contributed by atoms with Crippen LogP contribution in [0.25, 0.3) is 0 Å². The van der Waals surface area contributed by atoms with E-state index in [-0.39, 0.29) is 31.4 Å². The normalized spacial score (nSPS) is 11.3. The molecule has 26 heavy (non-hydrogen) atoms. The van der Waals surface area contributed by atoms with Crippen LogP contribution in [0.4, 0.5) is 5.69 Å². The number of nitrogens with two attached hydrogens (primary N) is 1. The molecule has 7 nitrogen and oxygen atoms in total. The van der Waals surface area contributed by atoms with Crippen LogP contribution in [0.1, 0.15) is 13.8 Å². The standard InChI is InChI=1S/C16H22Cl2N4O3.ClH/c1-9(2)15(19)16(25)20-7-14(24)22(3)8-13(23)21-10-4-5-11(17)12(18)6-10;/h4-6,9,15H,7-8,19H2,1-3H3,(H,20,25)(H,21,23);1H/t15-;/m0./s1. The Morgan fingerprint density at radius 2 is 1.81 bits per heavy atom. The van der Waals surface area contributed by atoms with Gasteiger partial charge in [0.2, 0.25) is 17.7 Å². The fourth-order valence-electron chi connectivity index (χ4n) is 1.80. The molecule has 0 aliphatic heterocycles. The van der Waals surface area contributed by atoms with Gasteiger partial charge < -0.3 is 21.3 Å². The highest BCUT2D eigenvalue weighted by atomic mass is 35.5. The molecule has 0 radical (unpaired) electrons. The first-order valence-electron chi connectivity index (χ1n) is 7.64. The lowest BCUT2D eigenvalue weighted by Gasteiger charge is -2.19. The second-order valence-electron chi connectivity index (χ2n) is 5.91. The van der Waals surface area contributed by atoms with Crippen molar-refractivity contribution in [2.75, 3.05) is 25.5 Å². The Balaban J connectivity index is 0.00000625. The fourth-order valence-corrected chi connectivity index (χ4v) is 2.09.